The molecule has 0 fully saturated rings. The van der Waals surface area contributed by atoms with Gasteiger partial charge in [-0.15, -0.1) is 0 Å². The zero-order valence-electron chi connectivity index (χ0n) is 13.1. The maximum absolute atomic E-state index is 15.6. The molecule has 0 spiro atoms. The summed E-state index contributed by atoms with van der Waals surface area (Å²) in [5.74, 6) is -2.75. The van der Waals surface area contributed by atoms with Crippen LogP contribution in [0.2, 0.25) is 0 Å². The van der Waals surface area contributed by atoms with Gasteiger partial charge >= 0.3 is 17.6 Å². The summed E-state index contributed by atoms with van der Waals surface area (Å²) in [6, 6.07) is 13.9. The number of methoxy groups -OCH3 is 2. The minimum absolute atomic E-state index is 0.337. The average Bonchev–Trinajstić information content (AvgIpc) is 2.65. The molecule has 6 heteroatoms. The Balaban J connectivity index is 2.46. The Labute approximate surface area is 137 Å². The quantitative estimate of drug-likeness (QED) is 0.420. The number of carbonyl (C=O) groups is 2. The molecule has 0 amide bonds. The largest absolute Gasteiger partial charge is 0.466 e. The number of rotatable bonds is 3. The first-order valence-corrected chi connectivity index (χ1v) is 7.17. The molecule has 0 bridgehead atoms. The van der Waals surface area contributed by atoms with E-state index < -0.39 is 17.6 Å². The number of ether oxygens (including phenoxy) is 2. The van der Waals surface area contributed by atoms with E-state index in [0.717, 1.165) is 19.6 Å². The van der Waals surface area contributed by atoms with Gasteiger partial charge in [-0.05, 0) is 11.5 Å². The van der Waals surface area contributed by atoms with Crippen LogP contribution in [0, 0.1) is 0 Å². The van der Waals surface area contributed by atoms with Crippen molar-refractivity contribution in [3.63, 3.8) is 0 Å². The van der Waals surface area contributed by atoms with Crippen LogP contribution >= 0.6 is 0 Å². The number of benzene rings is 2. The summed E-state index contributed by atoms with van der Waals surface area (Å²) >= 11 is 0. The second-order valence-corrected chi connectivity index (χ2v) is 5.16. The van der Waals surface area contributed by atoms with E-state index in [-0.39, 0.29) is 5.69 Å². The molecule has 0 radical (unpaired) electrons. The molecule has 1 aromatic heterocycles. The molecule has 0 atom stereocenters. The van der Waals surface area contributed by atoms with Crippen LogP contribution in [0.15, 0.2) is 48.5 Å². The van der Waals surface area contributed by atoms with Gasteiger partial charge in [0.15, 0.2) is 0 Å². The lowest BCUT2D eigenvalue weighted by molar-refractivity contribution is -0.172. The van der Waals surface area contributed by atoms with E-state index in [1.165, 1.54) is 0 Å². The molecule has 1 heterocycles. The molecule has 3 rings (SSSR count). The number of carbonyl (C=O) groups excluding carboxylic acids is 2. The molecular formula is C18H14FNO4. The molecule has 3 aromatic rings. The molecule has 24 heavy (non-hydrogen) atoms. The third kappa shape index (κ3) is 2.19. The zero-order valence-corrected chi connectivity index (χ0v) is 13.1. The molecule has 0 saturated carbocycles. The van der Waals surface area contributed by atoms with Crippen molar-refractivity contribution in [1.29, 1.82) is 0 Å². The van der Waals surface area contributed by atoms with Crippen molar-refractivity contribution in [3.8, 4) is 0 Å². The monoisotopic (exact) mass is 327 g/mol. The number of nitrogens with zero attached hydrogens (tertiary/aromatic N) is 1. The first kappa shape index (κ1) is 15.9. The van der Waals surface area contributed by atoms with Crippen LogP contribution in [0.5, 0.6) is 0 Å². The number of hydrogen-bond donors (Lipinski definition) is 0. The molecule has 0 aliphatic heterocycles. The standard InChI is InChI=1S/C18H14FNO4/c1-23-16(21)18(19,17(22)24-2)15-13-9-4-3-7-11(13)12-8-5-6-10-14(12)20-15/h3-10H,1-2H3. The molecule has 0 aliphatic rings. The maximum Gasteiger partial charge on any atom is 0.362 e. The lowest BCUT2D eigenvalue weighted by Crippen LogP contribution is -2.42. The van der Waals surface area contributed by atoms with Gasteiger partial charge < -0.3 is 9.47 Å². The summed E-state index contributed by atoms with van der Waals surface area (Å²) in [5, 5.41) is 1.80. The van der Waals surface area contributed by atoms with E-state index in [9.17, 15) is 9.59 Å². The van der Waals surface area contributed by atoms with Gasteiger partial charge in [0.2, 0.25) is 0 Å². The summed E-state index contributed by atoms with van der Waals surface area (Å²) in [4.78, 5) is 28.4. The molecule has 122 valence electrons. The van der Waals surface area contributed by atoms with E-state index in [1.54, 1.807) is 36.4 Å². The Hall–Kier alpha value is -3.02. The van der Waals surface area contributed by atoms with Crippen molar-refractivity contribution in [2.24, 2.45) is 0 Å². The fourth-order valence-corrected chi connectivity index (χ4v) is 2.72. The van der Waals surface area contributed by atoms with Gasteiger partial charge in [-0.3, -0.25) is 0 Å². The summed E-state index contributed by atoms with van der Waals surface area (Å²) in [5.41, 5.74) is -3.02. The highest BCUT2D eigenvalue weighted by atomic mass is 19.1. The molecule has 0 aliphatic carbocycles. The number of pyridine rings is 1. The van der Waals surface area contributed by atoms with Crippen molar-refractivity contribution in [1.82, 2.24) is 4.98 Å². The van der Waals surface area contributed by atoms with Crippen LogP contribution in [0.4, 0.5) is 4.39 Å². The topological polar surface area (TPSA) is 65.5 Å². The number of para-hydroxylation sites is 1. The Morgan fingerprint density at radius 1 is 0.875 bits per heavy atom. The van der Waals surface area contributed by atoms with Crippen molar-refractivity contribution in [3.05, 3.63) is 54.2 Å². The Morgan fingerprint density at radius 2 is 1.38 bits per heavy atom. The lowest BCUT2D eigenvalue weighted by atomic mass is 9.94. The van der Waals surface area contributed by atoms with Gasteiger partial charge in [-0.25, -0.2) is 19.0 Å². The van der Waals surface area contributed by atoms with Crippen LogP contribution in [-0.2, 0) is 24.7 Å². The summed E-state index contributed by atoms with van der Waals surface area (Å²) in [6.07, 6.45) is 0. The Kier molecular flexibility index (Phi) is 3.89. The van der Waals surface area contributed by atoms with E-state index in [0.29, 0.717) is 16.3 Å². The third-order valence-corrected chi connectivity index (χ3v) is 3.87. The van der Waals surface area contributed by atoms with E-state index in [1.807, 2.05) is 12.1 Å². The fourth-order valence-electron chi connectivity index (χ4n) is 2.72. The second kappa shape index (κ2) is 5.88. The lowest BCUT2D eigenvalue weighted by Gasteiger charge is -2.21. The smallest absolute Gasteiger partial charge is 0.362 e. The van der Waals surface area contributed by atoms with Crippen LogP contribution in [0.3, 0.4) is 0 Å². The van der Waals surface area contributed by atoms with Crippen molar-refractivity contribution in [2.45, 2.75) is 5.67 Å². The van der Waals surface area contributed by atoms with Crippen molar-refractivity contribution in [2.75, 3.05) is 14.2 Å². The van der Waals surface area contributed by atoms with Crippen molar-refractivity contribution >= 4 is 33.6 Å². The maximum atomic E-state index is 15.6. The predicted octanol–water partition coefficient (Wildman–Crippen LogP) is 2.90. The molecule has 0 unspecified atom stereocenters. The van der Waals surface area contributed by atoms with Crippen LogP contribution < -0.4 is 0 Å². The van der Waals surface area contributed by atoms with Gasteiger partial charge in [0.1, 0.15) is 5.69 Å². The highest BCUT2D eigenvalue weighted by Gasteiger charge is 2.53. The summed E-state index contributed by atoms with van der Waals surface area (Å²) < 4.78 is 24.6. The zero-order chi connectivity index (χ0) is 17.3. The number of aromatic nitrogens is 1. The summed E-state index contributed by atoms with van der Waals surface area (Å²) in [6.45, 7) is 0. The van der Waals surface area contributed by atoms with Gasteiger partial charge in [-0.2, -0.15) is 0 Å². The van der Waals surface area contributed by atoms with E-state index in [2.05, 4.69) is 14.5 Å². The van der Waals surface area contributed by atoms with Crippen LogP contribution in [0.1, 0.15) is 5.69 Å². The second-order valence-electron chi connectivity index (χ2n) is 5.16. The average molecular weight is 327 g/mol. The Morgan fingerprint density at radius 3 is 1.96 bits per heavy atom. The van der Waals surface area contributed by atoms with E-state index >= 15 is 4.39 Å². The molecule has 0 saturated heterocycles. The number of hydrogen-bond acceptors (Lipinski definition) is 5. The van der Waals surface area contributed by atoms with Crippen LogP contribution in [-0.4, -0.2) is 31.1 Å². The predicted molar refractivity (Wildman–Crippen MR) is 86.1 cm³/mol. The highest BCUT2D eigenvalue weighted by Crippen LogP contribution is 2.36. The number of fused-ring (bicyclic) bond motifs is 3. The van der Waals surface area contributed by atoms with Crippen LogP contribution in [0.25, 0.3) is 21.7 Å². The minimum Gasteiger partial charge on any atom is -0.466 e. The molecular weight excluding hydrogens is 313 g/mol. The Bertz CT molecular complexity index is 938. The van der Waals surface area contributed by atoms with Gasteiger partial charge in [0.05, 0.1) is 19.7 Å². The first-order chi connectivity index (χ1) is 11.5. The first-order valence-electron chi connectivity index (χ1n) is 7.17. The van der Waals surface area contributed by atoms with Gasteiger partial charge in [-0.1, -0.05) is 42.5 Å². The molecule has 2 aromatic carbocycles. The number of esters is 2. The van der Waals surface area contributed by atoms with Gasteiger partial charge in [0, 0.05) is 10.8 Å². The fraction of sp³-hybridized carbons (Fsp3) is 0.167. The normalized spacial score (nSPS) is 11.5. The summed E-state index contributed by atoms with van der Waals surface area (Å²) in [7, 11) is 2.01. The SMILES string of the molecule is COC(=O)C(F)(C(=O)OC)c1nc2ccccc2c2ccccc12. The van der Waals surface area contributed by atoms with E-state index in [4.69, 9.17) is 0 Å². The molecule has 5 nitrogen and oxygen atoms in total. The number of alkyl halides is 1. The third-order valence-electron chi connectivity index (χ3n) is 3.87. The minimum atomic E-state index is -3.15. The number of halogens is 1. The van der Waals surface area contributed by atoms with Crippen molar-refractivity contribution < 1.29 is 23.5 Å². The highest BCUT2D eigenvalue weighted by molar-refractivity contribution is 6.12. The van der Waals surface area contributed by atoms with Gasteiger partial charge in [0.25, 0.3) is 0 Å². The molecule has 0 N–H and O–H groups in total.